The molecule has 3 heterocycles. The molecule has 8 nitrogen and oxygen atoms in total. The Kier molecular flexibility index (Phi) is 6.32. The number of para-hydroxylation sites is 1. The van der Waals surface area contributed by atoms with E-state index in [0.717, 1.165) is 25.9 Å². The van der Waals surface area contributed by atoms with E-state index in [9.17, 15) is 9.59 Å². The molecule has 0 atom stereocenters. The van der Waals surface area contributed by atoms with Gasteiger partial charge >= 0.3 is 0 Å². The molecule has 1 aromatic carbocycles. The molecule has 0 saturated carbocycles. The van der Waals surface area contributed by atoms with Crippen LogP contribution in [0.15, 0.2) is 30.5 Å². The highest BCUT2D eigenvalue weighted by Gasteiger charge is 2.28. The van der Waals surface area contributed by atoms with E-state index in [1.165, 1.54) is 17.7 Å². The van der Waals surface area contributed by atoms with Gasteiger partial charge in [0.1, 0.15) is 5.69 Å². The van der Waals surface area contributed by atoms with Crippen LogP contribution in [0.4, 0.5) is 5.69 Å². The van der Waals surface area contributed by atoms with E-state index in [0.29, 0.717) is 44.3 Å². The number of methoxy groups -OCH3 is 1. The van der Waals surface area contributed by atoms with Crippen LogP contribution >= 0.6 is 0 Å². The predicted octanol–water partition coefficient (Wildman–Crippen LogP) is 1.56. The summed E-state index contributed by atoms with van der Waals surface area (Å²) >= 11 is 0. The van der Waals surface area contributed by atoms with Crippen molar-refractivity contribution in [3.05, 3.63) is 47.5 Å². The Bertz CT molecular complexity index is 910. The highest BCUT2D eigenvalue weighted by molar-refractivity contribution is 5.96. The first-order valence-electron chi connectivity index (χ1n) is 10.6. The second-order valence-electron chi connectivity index (χ2n) is 7.76. The topological polar surface area (TPSA) is 79.7 Å². The van der Waals surface area contributed by atoms with E-state index in [1.54, 1.807) is 22.8 Å². The van der Waals surface area contributed by atoms with Gasteiger partial charge in [0.25, 0.3) is 11.8 Å². The Morgan fingerprint density at radius 2 is 2.03 bits per heavy atom. The number of imidazole rings is 1. The zero-order valence-corrected chi connectivity index (χ0v) is 17.5. The summed E-state index contributed by atoms with van der Waals surface area (Å²) in [5, 5.41) is 2.95. The molecule has 2 amide bonds. The number of nitrogens with zero attached hydrogens (tertiary/aromatic N) is 4. The molecule has 8 heteroatoms. The average molecular weight is 412 g/mol. The lowest BCUT2D eigenvalue weighted by Crippen LogP contribution is -2.42. The lowest BCUT2D eigenvalue weighted by Gasteiger charge is -2.31. The molecule has 0 fully saturated rings. The van der Waals surface area contributed by atoms with E-state index in [-0.39, 0.29) is 11.8 Å². The number of amides is 2. The molecule has 2 aliphatic heterocycles. The Labute approximate surface area is 176 Å². The average Bonchev–Trinajstić information content (AvgIpc) is 3.22. The van der Waals surface area contributed by atoms with Gasteiger partial charge in [-0.1, -0.05) is 18.2 Å². The molecule has 0 aliphatic carbocycles. The zero-order valence-electron chi connectivity index (χ0n) is 17.5. The number of ether oxygens (including phenoxy) is 1. The van der Waals surface area contributed by atoms with Crippen molar-refractivity contribution in [2.45, 2.75) is 25.8 Å². The summed E-state index contributed by atoms with van der Waals surface area (Å²) in [6.07, 6.45) is 4.84. The largest absolute Gasteiger partial charge is 0.383 e. The monoisotopic (exact) mass is 411 g/mol. The van der Waals surface area contributed by atoms with E-state index < -0.39 is 0 Å². The van der Waals surface area contributed by atoms with Crippen LogP contribution < -0.4 is 10.2 Å². The molecule has 0 bridgehead atoms. The molecule has 160 valence electrons. The first kappa shape index (κ1) is 20.4. The maximum absolute atomic E-state index is 12.5. The number of aromatic nitrogens is 2. The van der Waals surface area contributed by atoms with Gasteiger partial charge in [-0.25, -0.2) is 4.98 Å². The van der Waals surface area contributed by atoms with Gasteiger partial charge in [-0.3, -0.25) is 9.59 Å². The fourth-order valence-electron chi connectivity index (χ4n) is 4.16. The van der Waals surface area contributed by atoms with Crippen LogP contribution in [0.3, 0.4) is 0 Å². The fourth-order valence-corrected chi connectivity index (χ4v) is 4.16. The number of fused-ring (bicyclic) bond motifs is 2. The normalized spacial score (nSPS) is 15.7. The number of hydrogen-bond acceptors (Lipinski definition) is 5. The first-order valence-corrected chi connectivity index (χ1v) is 10.6. The number of nitrogens with one attached hydrogen (secondary N) is 1. The van der Waals surface area contributed by atoms with Gasteiger partial charge in [0.2, 0.25) is 0 Å². The van der Waals surface area contributed by atoms with E-state index in [4.69, 9.17) is 4.74 Å². The summed E-state index contributed by atoms with van der Waals surface area (Å²) in [7, 11) is 1.61. The summed E-state index contributed by atoms with van der Waals surface area (Å²) in [4.78, 5) is 33.5. The maximum atomic E-state index is 12.5. The second kappa shape index (κ2) is 9.30. The summed E-state index contributed by atoms with van der Waals surface area (Å²) in [6, 6.07) is 8.54. The quantitative estimate of drug-likeness (QED) is 0.667. The number of hydrogen-bond donors (Lipinski definition) is 1. The minimum absolute atomic E-state index is 0.152. The van der Waals surface area contributed by atoms with Gasteiger partial charge < -0.3 is 24.4 Å². The van der Waals surface area contributed by atoms with Gasteiger partial charge in [0.05, 0.1) is 6.61 Å². The number of rotatable bonds is 8. The number of anilines is 1. The standard InChI is InChI=1S/C22H29N5O3/c1-30-15-14-26-12-13-27-16-18(24-20(27)22(26)29)21(28)23-9-5-11-25-10-4-7-17-6-2-3-8-19(17)25/h2-3,6,8,16H,4-5,7,9-15H2,1H3,(H,23,28). The van der Waals surface area contributed by atoms with Crippen molar-refractivity contribution in [1.82, 2.24) is 19.8 Å². The fraction of sp³-hybridized carbons (Fsp3) is 0.500. The van der Waals surface area contributed by atoms with Crippen LogP contribution in [0.5, 0.6) is 0 Å². The van der Waals surface area contributed by atoms with E-state index in [1.807, 2.05) is 0 Å². The van der Waals surface area contributed by atoms with Gasteiger partial charge in [-0.05, 0) is 30.9 Å². The Hall–Kier alpha value is -2.87. The van der Waals surface area contributed by atoms with Crippen LogP contribution in [0.25, 0.3) is 0 Å². The predicted molar refractivity (Wildman–Crippen MR) is 114 cm³/mol. The smallest absolute Gasteiger partial charge is 0.290 e. The highest BCUT2D eigenvalue weighted by atomic mass is 16.5. The number of aryl methyl sites for hydroxylation is 1. The van der Waals surface area contributed by atoms with Gasteiger partial charge in [-0.2, -0.15) is 0 Å². The van der Waals surface area contributed by atoms with Crippen molar-refractivity contribution in [3.8, 4) is 0 Å². The molecule has 2 aromatic rings. The van der Waals surface area contributed by atoms with Crippen molar-refractivity contribution in [3.63, 3.8) is 0 Å². The van der Waals surface area contributed by atoms with Gasteiger partial charge in [0, 0.05) is 58.3 Å². The van der Waals surface area contributed by atoms with Crippen LogP contribution in [-0.4, -0.2) is 72.7 Å². The minimum atomic E-state index is -0.229. The molecule has 1 N–H and O–H groups in total. The third kappa shape index (κ3) is 4.33. The van der Waals surface area contributed by atoms with E-state index in [2.05, 4.69) is 39.5 Å². The molecule has 4 rings (SSSR count). The third-order valence-electron chi connectivity index (χ3n) is 5.76. The van der Waals surface area contributed by atoms with Gasteiger partial charge in [-0.15, -0.1) is 0 Å². The first-order chi connectivity index (χ1) is 14.7. The number of carbonyl (C=O) groups excluding carboxylic acids is 2. The van der Waals surface area contributed by atoms with Crippen molar-refractivity contribution in [2.24, 2.45) is 0 Å². The molecule has 1 aromatic heterocycles. The Morgan fingerprint density at radius 3 is 2.90 bits per heavy atom. The van der Waals surface area contributed by atoms with Crippen LogP contribution in [0.2, 0.25) is 0 Å². The molecular weight excluding hydrogens is 382 g/mol. The maximum Gasteiger partial charge on any atom is 0.290 e. The van der Waals surface area contributed by atoms with Crippen molar-refractivity contribution in [2.75, 3.05) is 51.3 Å². The second-order valence-corrected chi connectivity index (χ2v) is 7.76. The molecule has 0 saturated heterocycles. The summed E-state index contributed by atoms with van der Waals surface area (Å²) in [5.41, 5.74) is 3.02. The summed E-state index contributed by atoms with van der Waals surface area (Å²) in [6.45, 7) is 4.80. The zero-order chi connectivity index (χ0) is 20.9. The van der Waals surface area contributed by atoms with Crippen molar-refractivity contribution < 1.29 is 14.3 Å². The molecule has 30 heavy (non-hydrogen) atoms. The SMILES string of the molecule is COCCN1CCn2cc(C(=O)NCCCN3CCCc4ccccc43)nc2C1=O. The van der Waals surface area contributed by atoms with Crippen molar-refractivity contribution >= 4 is 17.5 Å². The van der Waals surface area contributed by atoms with Crippen molar-refractivity contribution in [1.29, 1.82) is 0 Å². The van der Waals surface area contributed by atoms with Gasteiger partial charge in [0.15, 0.2) is 5.82 Å². The summed E-state index contributed by atoms with van der Waals surface area (Å²) < 4.78 is 6.82. The highest BCUT2D eigenvalue weighted by Crippen LogP contribution is 2.26. The molecule has 0 unspecified atom stereocenters. The molecule has 0 spiro atoms. The molecule has 0 radical (unpaired) electrons. The van der Waals surface area contributed by atoms with Crippen LogP contribution in [0, 0.1) is 0 Å². The van der Waals surface area contributed by atoms with Crippen LogP contribution in [0.1, 0.15) is 39.5 Å². The molecule has 2 aliphatic rings. The number of carbonyl (C=O) groups is 2. The minimum Gasteiger partial charge on any atom is -0.383 e. The lowest BCUT2D eigenvalue weighted by atomic mass is 10.0. The molecular formula is C22H29N5O3. The lowest BCUT2D eigenvalue weighted by molar-refractivity contribution is 0.0633. The van der Waals surface area contributed by atoms with E-state index >= 15 is 0 Å². The Balaban J connectivity index is 1.28. The summed E-state index contributed by atoms with van der Waals surface area (Å²) in [5.74, 6) is -0.0549. The van der Waals surface area contributed by atoms with Crippen LogP contribution in [-0.2, 0) is 17.7 Å². The Morgan fingerprint density at radius 1 is 1.17 bits per heavy atom. The third-order valence-corrected chi connectivity index (χ3v) is 5.76. The number of benzene rings is 1.